The largest absolute Gasteiger partial charge is 0.296 e. The highest BCUT2D eigenvalue weighted by molar-refractivity contribution is 5.14. The van der Waals surface area contributed by atoms with Crippen molar-refractivity contribution >= 4 is 0 Å². The summed E-state index contributed by atoms with van der Waals surface area (Å²) in [6.07, 6.45) is 4.24. The SMILES string of the molecule is C[N+]1(N2CCN(Cc3ccccc3)CC2)CCCCC1. The summed E-state index contributed by atoms with van der Waals surface area (Å²) in [4.78, 5) is 2.60. The zero-order chi connectivity index (χ0) is 13.8. The molecule has 3 rings (SSSR count). The molecule has 1 aromatic rings. The maximum Gasteiger partial charge on any atom is 0.0962 e. The molecule has 2 saturated heterocycles. The van der Waals surface area contributed by atoms with Crippen LogP contribution >= 0.6 is 0 Å². The molecule has 0 atom stereocenters. The summed E-state index contributed by atoms with van der Waals surface area (Å²) < 4.78 is 1.19. The number of quaternary nitrogens is 1. The molecule has 1 aromatic carbocycles. The van der Waals surface area contributed by atoms with E-state index in [1.54, 1.807) is 0 Å². The molecule has 3 heteroatoms. The fourth-order valence-electron chi connectivity index (χ4n) is 3.70. The molecular formula is C17H28N3+. The monoisotopic (exact) mass is 274 g/mol. The molecule has 0 amide bonds. The van der Waals surface area contributed by atoms with Crippen molar-refractivity contribution in [2.45, 2.75) is 25.8 Å². The van der Waals surface area contributed by atoms with Crippen molar-refractivity contribution in [2.24, 2.45) is 0 Å². The topological polar surface area (TPSA) is 6.48 Å². The van der Waals surface area contributed by atoms with Crippen molar-refractivity contribution in [3.05, 3.63) is 35.9 Å². The van der Waals surface area contributed by atoms with Crippen LogP contribution in [0, 0.1) is 0 Å². The fraction of sp³-hybridized carbons (Fsp3) is 0.647. The zero-order valence-electron chi connectivity index (χ0n) is 12.8. The average Bonchev–Trinajstić information content (AvgIpc) is 2.50. The maximum atomic E-state index is 2.71. The summed E-state index contributed by atoms with van der Waals surface area (Å²) in [5, 5.41) is 2.71. The number of benzene rings is 1. The van der Waals surface area contributed by atoms with E-state index in [2.05, 4.69) is 47.3 Å². The standard InChI is InChI=1S/C17H28N3/c1-20(14-6-3-7-15-20)19-12-10-18(11-13-19)16-17-8-4-2-5-9-17/h2,4-5,8-9H,3,6-7,10-16H2,1H3/q+1. The molecule has 0 saturated carbocycles. The molecule has 2 aliphatic heterocycles. The highest BCUT2D eigenvalue weighted by atomic mass is 15.7. The van der Waals surface area contributed by atoms with Crippen molar-refractivity contribution in [3.8, 4) is 0 Å². The van der Waals surface area contributed by atoms with Crippen LogP contribution in [-0.4, -0.2) is 60.8 Å². The van der Waals surface area contributed by atoms with Gasteiger partial charge in [-0.3, -0.25) is 4.90 Å². The zero-order valence-corrected chi connectivity index (χ0v) is 12.8. The second-order valence-electron chi connectivity index (χ2n) is 6.56. The Kier molecular flexibility index (Phi) is 4.39. The number of rotatable bonds is 3. The molecule has 20 heavy (non-hydrogen) atoms. The summed E-state index contributed by atoms with van der Waals surface area (Å²) in [7, 11) is 2.44. The predicted molar refractivity (Wildman–Crippen MR) is 83.1 cm³/mol. The molecule has 0 aromatic heterocycles. The number of nitrogens with zero attached hydrogens (tertiary/aromatic N) is 3. The number of piperidine rings is 1. The minimum Gasteiger partial charge on any atom is -0.296 e. The molecular weight excluding hydrogens is 246 g/mol. The van der Waals surface area contributed by atoms with Gasteiger partial charge in [0.2, 0.25) is 0 Å². The van der Waals surface area contributed by atoms with E-state index in [9.17, 15) is 0 Å². The minimum absolute atomic E-state index is 1.11. The van der Waals surface area contributed by atoms with E-state index < -0.39 is 0 Å². The van der Waals surface area contributed by atoms with Gasteiger partial charge >= 0.3 is 0 Å². The summed E-state index contributed by atoms with van der Waals surface area (Å²) >= 11 is 0. The summed E-state index contributed by atoms with van der Waals surface area (Å²) in [6.45, 7) is 8.67. The van der Waals surface area contributed by atoms with Crippen molar-refractivity contribution in [1.29, 1.82) is 0 Å². The predicted octanol–water partition coefficient (Wildman–Crippen LogP) is 2.35. The Labute approximate surface area is 123 Å². The van der Waals surface area contributed by atoms with Gasteiger partial charge in [-0.05, 0) is 24.8 Å². The molecule has 0 aliphatic carbocycles. The fourth-order valence-corrected chi connectivity index (χ4v) is 3.70. The summed E-state index contributed by atoms with van der Waals surface area (Å²) in [6, 6.07) is 10.9. The highest BCUT2D eigenvalue weighted by Gasteiger charge is 2.34. The first kappa shape index (κ1) is 14.1. The Morgan fingerprint density at radius 3 is 2.20 bits per heavy atom. The van der Waals surface area contributed by atoms with Gasteiger partial charge in [-0.15, -0.1) is 0 Å². The molecule has 0 unspecified atom stereocenters. The molecule has 0 N–H and O–H groups in total. The van der Waals surface area contributed by atoms with Gasteiger partial charge in [-0.1, -0.05) is 30.3 Å². The normalized spacial score (nSPS) is 24.6. The minimum atomic E-state index is 1.11. The van der Waals surface area contributed by atoms with Gasteiger partial charge in [-0.25, -0.2) is 4.59 Å². The first-order valence-electron chi connectivity index (χ1n) is 8.13. The Morgan fingerprint density at radius 1 is 0.900 bits per heavy atom. The van der Waals surface area contributed by atoms with Crippen molar-refractivity contribution in [3.63, 3.8) is 0 Å². The number of hydrogen-bond acceptors (Lipinski definition) is 2. The van der Waals surface area contributed by atoms with E-state index in [1.807, 2.05) is 0 Å². The molecule has 2 heterocycles. The first-order chi connectivity index (χ1) is 9.76. The molecule has 0 spiro atoms. The van der Waals surface area contributed by atoms with Gasteiger partial charge in [0.15, 0.2) is 0 Å². The Hall–Kier alpha value is -0.900. The van der Waals surface area contributed by atoms with Crippen LogP contribution in [0.2, 0.25) is 0 Å². The lowest BCUT2D eigenvalue weighted by atomic mass is 10.1. The van der Waals surface area contributed by atoms with E-state index >= 15 is 0 Å². The lowest BCUT2D eigenvalue weighted by Crippen LogP contribution is -2.64. The summed E-state index contributed by atoms with van der Waals surface area (Å²) in [5.74, 6) is 0. The van der Waals surface area contributed by atoms with Crippen LogP contribution in [0.25, 0.3) is 0 Å². The van der Waals surface area contributed by atoms with E-state index in [4.69, 9.17) is 0 Å². The third kappa shape index (κ3) is 3.22. The van der Waals surface area contributed by atoms with Gasteiger partial charge in [0, 0.05) is 19.6 Å². The van der Waals surface area contributed by atoms with Gasteiger partial charge in [0.1, 0.15) is 0 Å². The van der Waals surface area contributed by atoms with Crippen LogP contribution in [0.3, 0.4) is 0 Å². The van der Waals surface area contributed by atoms with E-state index in [1.165, 1.54) is 68.7 Å². The molecule has 0 bridgehead atoms. The van der Waals surface area contributed by atoms with Crippen LogP contribution < -0.4 is 0 Å². The average molecular weight is 274 g/mol. The van der Waals surface area contributed by atoms with E-state index in [0.29, 0.717) is 0 Å². The van der Waals surface area contributed by atoms with Crippen LogP contribution in [0.5, 0.6) is 0 Å². The number of hydrogen-bond donors (Lipinski definition) is 0. The van der Waals surface area contributed by atoms with Crippen LogP contribution in [-0.2, 0) is 6.54 Å². The van der Waals surface area contributed by atoms with Crippen molar-refractivity contribution in [1.82, 2.24) is 9.91 Å². The third-order valence-corrected chi connectivity index (χ3v) is 5.06. The summed E-state index contributed by atoms with van der Waals surface area (Å²) in [5.41, 5.74) is 1.44. The Morgan fingerprint density at radius 2 is 1.55 bits per heavy atom. The molecule has 110 valence electrons. The smallest absolute Gasteiger partial charge is 0.0962 e. The molecule has 2 fully saturated rings. The molecule has 2 aliphatic rings. The maximum absolute atomic E-state index is 2.71. The van der Waals surface area contributed by atoms with Crippen LogP contribution in [0.4, 0.5) is 0 Å². The second kappa shape index (κ2) is 6.25. The Bertz CT molecular complexity index is 404. The quantitative estimate of drug-likeness (QED) is 0.781. The molecule has 3 nitrogen and oxygen atoms in total. The first-order valence-corrected chi connectivity index (χ1v) is 8.13. The van der Waals surface area contributed by atoms with Crippen molar-refractivity contribution in [2.75, 3.05) is 46.3 Å². The Balaban J connectivity index is 1.52. The van der Waals surface area contributed by atoms with Gasteiger partial charge < -0.3 is 0 Å². The van der Waals surface area contributed by atoms with Gasteiger partial charge in [0.05, 0.1) is 33.2 Å². The van der Waals surface area contributed by atoms with Crippen LogP contribution in [0.1, 0.15) is 24.8 Å². The van der Waals surface area contributed by atoms with Gasteiger partial charge in [-0.2, -0.15) is 5.01 Å². The van der Waals surface area contributed by atoms with E-state index in [-0.39, 0.29) is 0 Å². The van der Waals surface area contributed by atoms with Gasteiger partial charge in [0.25, 0.3) is 0 Å². The third-order valence-electron chi connectivity index (χ3n) is 5.06. The number of piperazine rings is 1. The van der Waals surface area contributed by atoms with Crippen LogP contribution in [0.15, 0.2) is 30.3 Å². The lowest BCUT2D eigenvalue weighted by molar-refractivity contribution is -1.02. The lowest BCUT2D eigenvalue weighted by Gasteiger charge is -2.48. The van der Waals surface area contributed by atoms with E-state index in [0.717, 1.165) is 6.54 Å². The number of likely N-dealkylation sites (tertiary alicyclic amines) is 1. The van der Waals surface area contributed by atoms with Crippen molar-refractivity contribution < 1.29 is 4.59 Å². The second-order valence-corrected chi connectivity index (χ2v) is 6.56. The highest BCUT2D eigenvalue weighted by Crippen LogP contribution is 2.21. The molecule has 0 radical (unpaired) electrons.